The molecule has 1 heterocycles. The summed E-state index contributed by atoms with van der Waals surface area (Å²) in [6.45, 7) is 4.01. The van der Waals surface area contributed by atoms with Crippen molar-refractivity contribution in [2.45, 2.75) is 57.0 Å². The zero-order chi connectivity index (χ0) is 21.0. The van der Waals surface area contributed by atoms with Crippen LogP contribution >= 0.6 is 23.2 Å². The minimum absolute atomic E-state index is 0.119. The van der Waals surface area contributed by atoms with Crippen LogP contribution in [0.1, 0.15) is 59.7 Å². The molecule has 6 heteroatoms. The van der Waals surface area contributed by atoms with Crippen molar-refractivity contribution in [2.24, 2.45) is 0 Å². The van der Waals surface area contributed by atoms with Crippen LogP contribution in [0.5, 0.6) is 0 Å². The van der Waals surface area contributed by atoms with Gasteiger partial charge in [-0.2, -0.15) is 0 Å². The number of halogens is 2. The van der Waals surface area contributed by atoms with E-state index < -0.39 is 16.9 Å². The van der Waals surface area contributed by atoms with Crippen molar-refractivity contribution in [2.75, 3.05) is 0 Å². The predicted octanol–water partition coefficient (Wildman–Crippen LogP) is 5.61. The molecule has 1 aliphatic heterocycles. The minimum atomic E-state index is -1.19. The molecule has 2 aromatic carbocycles. The lowest BCUT2D eigenvalue weighted by Gasteiger charge is -2.55. The van der Waals surface area contributed by atoms with E-state index in [1.807, 2.05) is 25.1 Å². The number of benzene rings is 2. The number of fused-ring (bicyclic) bond motifs is 1. The van der Waals surface area contributed by atoms with Gasteiger partial charge in [-0.15, -0.1) is 0 Å². The quantitative estimate of drug-likeness (QED) is 0.686. The number of aryl methyl sites for hydroxylation is 1. The number of hydrogen-bond donors (Lipinski definition) is 1. The molecule has 0 bridgehead atoms. The second-order valence-electron chi connectivity index (χ2n) is 8.36. The predicted molar refractivity (Wildman–Crippen MR) is 114 cm³/mol. The Kier molecular flexibility index (Phi) is 4.91. The van der Waals surface area contributed by atoms with E-state index in [0.29, 0.717) is 40.6 Å². The molecular weight excluding hydrogens is 409 g/mol. The molecule has 1 atom stereocenters. The topological polar surface area (TPSA) is 57.6 Å². The number of nitrogens with zero attached hydrogens (tertiary/aromatic N) is 1. The van der Waals surface area contributed by atoms with Gasteiger partial charge in [0.1, 0.15) is 5.41 Å². The van der Waals surface area contributed by atoms with Gasteiger partial charge in [0.15, 0.2) is 0 Å². The highest BCUT2D eigenvalue weighted by Crippen LogP contribution is 2.54. The number of carbonyl (C=O) groups excluding carboxylic acids is 1. The van der Waals surface area contributed by atoms with Gasteiger partial charge in [-0.3, -0.25) is 9.59 Å². The fraction of sp³-hybridized carbons (Fsp3) is 0.391. The van der Waals surface area contributed by atoms with Gasteiger partial charge in [0.05, 0.1) is 15.6 Å². The number of carboxylic acids is 1. The molecule has 1 unspecified atom stereocenters. The van der Waals surface area contributed by atoms with Gasteiger partial charge < -0.3 is 10.0 Å². The number of carboxylic acid groups (broad SMARTS) is 1. The molecule has 4 rings (SSSR count). The summed E-state index contributed by atoms with van der Waals surface area (Å²) in [5.41, 5.74) is 0.926. The summed E-state index contributed by atoms with van der Waals surface area (Å²) in [6, 6.07) is 10.8. The third-order valence-corrected chi connectivity index (χ3v) is 7.56. The van der Waals surface area contributed by atoms with Crippen molar-refractivity contribution in [3.05, 3.63) is 68.7 Å². The van der Waals surface area contributed by atoms with Crippen molar-refractivity contribution in [1.82, 2.24) is 4.90 Å². The number of hydrogen-bond acceptors (Lipinski definition) is 2. The van der Waals surface area contributed by atoms with Gasteiger partial charge in [0.2, 0.25) is 0 Å². The molecule has 0 radical (unpaired) electrons. The summed E-state index contributed by atoms with van der Waals surface area (Å²) in [5.74, 6) is -1.01. The Morgan fingerprint density at radius 1 is 1.10 bits per heavy atom. The van der Waals surface area contributed by atoms with E-state index in [4.69, 9.17) is 23.2 Å². The zero-order valence-corrected chi connectivity index (χ0v) is 18.0. The lowest BCUT2D eigenvalue weighted by molar-refractivity contribution is -0.150. The van der Waals surface area contributed by atoms with Crippen LogP contribution < -0.4 is 0 Å². The molecule has 1 aliphatic carbocycles. The summed E-state index contributed by atoms with van der Waals surface area (Å²) >= 11 is 12.2. The van der Waals surface area contributed by atoms with Gasteiger partial charge >= 0.3 is 5.97 Å². The van der Waals surface area contributed by atoms with Gasteiger partial charge in [-0.25, -0.2) is 0 Å². The summed E-state index contributed by atoms with van der Waals surface area (Å²) < 4.78 is 0. The van der Waals surface area contributed by atoms with Crippen molar-refractivity contribution < 1.29 is 14.7 Å². The van der Waals surface area contributed by atoms with Crippen LogP contribution in [-0.4, -0.2) is 27.4 Å². The first-order chi connectivity index (χ1) is 13.7. The lowest BCUT2D eigenvalue weighted by Crippen LogP contribution is -2.67. The van der Waals surface area contributed by atoms with E-state index in [1.165, 1.54) is 0 Å². The Morgan fingerprint density at radius 2 is 1.79 bits per heavy atom. The molecule has 4 nitrogen and oxygen atoms in total. The number of carbonyl (C=O) groups is 2. The molecule has 0 saturated heterocycles. The third kappa shape index (κ3) is 2.88. The zero-order valence-electron chi connectivity index (χ0n) is 16.5. The van der Waals surface area contributed by atoms with E-state index >= 15 is 0 Å². The molecular formula is C23H23Cl2NO3. The molecule has 1 saturated carbocycles. The van der Waals surface area contributed by atoms with E-state index in [1.54, 1.807) is 30.0 Å². The van der Waals surface area contributed by atoms with Crippen LogP contribution in [0.4, 0.5) is 0 Å². The van der Waals surface area contributed by atoms with Crippen LogP contribution in [0, 0.1) is 6.92 Å². The van der Waals surface area contributed by atoms with Crippen LogP contribution in [0.3, 0.4) is 0 Å². The normalized spacial score (nSPS) is 22.8. The highest BCUT2D eigenvalue weighted by atomic mass is 35.5. The molecule has 0 aromatic heterocycles. The molecule has 1 N–H and O–H groups in total. The highest BCUT2D eigenvalue weighted by molar-refractivity contribution is 6.42. The van der Waals surface area contributed by atoms with Gasteiger partial charge in [0.25, 0.3) is 5.91 Å². The SMILES string of the molecule is Cc1ccc2c(c1)C(C)(C(=O)O)C1(CCCC1)N(Cc1ccc(Cl)c(Cl)c1)C2=O. The standard InChI is InChI=1S/C23H23Cl2NO3/c1-14-5-7-16-17(11-14)22(2,21(28)29)23(9-3-4-10-23)26(20(16)27)13-15-6-8-18(24)19(25)12-15/h5-8,11-12H,3-4,9-10,13H2,1-2H3,(H,28,29). The van der Waals surface area contributed by atoms with Crippen LogP contribution in [0.25, 0.3) is 0 Å². The monoisotopic (exact) mass is 431 g/mol. The van der Waals surface area contributed by atoms with Crippen molar-refractivity contribution >= 4 is 35.1 Å². The highest BCUT2D eigenvalue weighted by Gasteiger charge is 2.63. The van der Waals surface area contributed by atoms with E-state index in [2.05, 4.69) is 0 Å². The first kappa shape index (κ1) is 20.2. The Bertz CT molecular complexity index is 1010. The number of rotatable bonds is 3. The molecule has 29 heavy (non-hydrogen) atoms. The van der Waals surface area contributed by atoms with Crippen molar-refractivity contribution in [3.63, 3.8) is 0 Å². The average Bonchev–Trinajstić information content (AvgIpc) is 3.17. The fourth-order valence-corrected chi connectivity index (χ4v) is 5.53. The van der Waals surface area contributed by atoms with Crippen molar-refractivity contribution in [1.29, 1.82) is 0 Å². The van der Waals surface area contributed by atoms with E-state index in [-0.39, 0.29) is 5.91 Å². The maximum Gasteiger partial charge on any atom is 0.316 e. The van der Waals surface area contributed by atoms with Crippen molar-refractivity contribution in [3.8, 4) is 0 Å². The molecule has 2 aliphatic rings. The van der Waals surface area contributed by atoms with Crippen LogP contribution in [0.15, 0.2) is 36.4 Å². The maximum atomic E-state index is 13.6. The first-order valence-electron chi connectivity index (χ1n) is 9.81. The first-order valence-corrected chi connectivity index (χ1v) is 10.6. The van der Waals surface area contributed by atoms with E-state index in [0.717, 1.165) is 24.0 Å². The Balaban J connectivity index is 1.92. The Hall–Kier alpha value is -2.04. The molecule has 2 aromatic rings. The maximum absolute atomic E-state index is 13.6. The van der Waals surface area contributed by atoms with Gasteiger partial charge in [-0.1, -0.05) is 59.8 Å². The van der Waals surface area contributed by atoms with Gasteiger partial charge in [-0.05, 0) is 56.0 Å². The fourth-order valence-electron chi connectivity index (χ4n) is 5.21. The second-order valence-corrected chi connectivity index (χ2v) is 9.17. The molecule has 1 spiro atoms. The number of aliphatic carboxylic acids is 1. The molecule has 1 amide bonds. The van der Waals surface area contributed by atoms with Crippen LogP contribution in [0.2, 0.25) is 10.0 Å². The summed E-state index contributed by atoms with van der Waals surface area (Å²) in [5, 5.41) is 11.3. The lowest BCUT2D eigenvalue weighted by atomic mass is 9.60. The van der Waals surface area contributed by atoms with Crippen LogP contribution in [-0.2, 0) is 16.8 Å². The molecule has 152 valence electrons. The minimum Gasteiger partial charge on any atom is -0.481 e. The Morgan fingerprint density at radius 3 is 2.41 bits per heavy atom. The summed E-state index contributed by atoms with van der Waals surface area (Å²) in [7, 11) is 0. The smallest absolute Gasteiger partial charge is 0.316 e. The third-order valence-electron chi connectivity index (χ3n) is 6.82. The van der Waals surface area contributed by atoms with E-state index in [9.17, 15) is 14.7 Å². The van der Waals surface area contributed by atoms with Gasteiger partial charge in [0, 0.05) is 12.1 Å². The second kappa shape index (κ2) is 7.03. The average molecular weight is 432 g/mol. The number of amides is 1. The largest absolute Gasteiger partial charge is 0.481 e. The summed E-state index contributed by atoms with van der Waals surface area (Å²) in [4.78, 5) is 28.2. The Labute approximate surface area is 180 Å². The summed E-state index contributed by atoms with van der Waals surface area (Å²) in [6.07, 6.45) is 3.12. The molecule has 1 fully saturated rings.